The zero-order valence-electron chi connectivity index (χ0n) is 21.1. The Bertz CT molecular complexity index is 1260. The van der Waals surface area contributed by atoms with Crippen LogP contribution in [0.2, 0.25) is 0 Å². The molecule has 1 saturated heterocycles. The summed E-state index contributed by atoms with van der Waals surface area (Å²) in [5, 5.41) is 9.01. The molecule has 5 rings (SSSR count). The Balaban J connectivity index is 1.58. The van der Waals surface area contributed by atoms with E-state index in [0.29, 0.717) is 57.4 Å². The molecule has 0 radical (unpaired) electrons. The molecule has 2 heterocycles. The SMILES string of the molecule is O=C(N1CCOCC1)[C@]1(Cc2ccccc2)N=C(c2ccc(OCCCO)cc2)O[C@@H]1c1ccccc1Br. The summed E-state index contributed by atoms with van der Waals surface area (Å²) in [5.41, 5.74) is 1.44. The number of aliphatic hydroxyl groups excluding tert-OH is 1. The molecule has 3 aromatic rings. The highest BCUT2D eigenvalue weighted by molar-refractivity contribution is 9.10. The molecule has 1 amide bonds. The predicted molar refractivity (Wildman–Crippen MR) is 148 cm³/mol. The van der Waals surface area contributed by atoms with Crippen LogP contribution in [-0.4, -0.2) is 66.9 Å². The molecule has 2 atom stereocenters. The van der Waals surface area contributed by atoms with Crippen LogP contribution in [0.15, 0.2) is 88.3 Å². The highest BCUT2D eigenvalue weighted by Crippen LogP contribution is 2.45. The molecule has 0 aromatic heterocycles. The molecule has 0 unspecified atom stereocenters. The van der Waals surface area contributed by atoms with Gasteiger partial charge in [-0.1, -0.05) is 64.5 Å². The highest BCUT2D eigenvalue weighted by Gasteiger charge is 2.55. The van der Waals surface area contributed by atoms with Gasteiger partial charge in [-0.2, -0.15) is 0 Å². The van der Waals surface area contributed by atoms with Crippen LogP contribution in [-0.2, 0) is 20.7 Å². The van der Waals surface area contributed by atoms with Crippen LogP contribution in [0.5, 0.6) is 5.75 Å². The lowest BCUT2D eigenvalue weighted by molar-refractivity contribution is -0.143. The molecule has 7 nitrogen and oxygen atoms in total. The fourth-order valence-corrected chi connectivity index (χ4v) is 5.37. The van der Waals surface area contributed by atoms with E-state index in [0.717, 1.165) is 21.2 Å². The fraction of sp³-hybridized carbons (Fsp3) is 0.333. The van der Waals surface area contributed by atoms with Crippen LogP contribution < -0.4 is 4.74 Å². The Hall–Kier alpha value is -3.20. The number of nitrogens with zero attached hydrogens (tertiary/aromatic N) is 2. The molecule has 2 aliphatic rings. The van der Waals surface area contributed by atoms with Crippen molar-refractivity contribution in [3.63, 3.8) is 0 Å². The smallest absolute Gasteiger partial charge is 0.255 e. The Morgan fingerprint density at radius 2 is 1.74 bits per heavy atom. The maximum Gasteiger partial charge on any atom is 0.255 e. The second kappa shape index (κ2) is 12.1. The molecule has 8 heteroatoms. The van der Waals surface area contributed by atoms with E-state index in [1.54, 1.807) is 0 Å². The van der Waals surface area contributed by atoms with Crippen LogP contribution in [0.25, 0.3) is 0 Å². The summed E-state index contributed by atoms with van der Waals surface area (Å²) in [6.07, 6.45) is 0.322. The van der Waals surface area contributed by atoms with Gasteiger partial charge in [-0.15, -0.1) is 0 Å². The number of benzene rings is 3. The second-order valence-corrected chi connectivity index (χ2v) is 10.2. The van der Waals surface area contributed by atoms with Crippen molar-refractivity contribution >= 4 is 27.7 Å². The van der Waals surface area contributed by atoms with Crippen molar-refractivity contribution in [1.82, 2.24) is 4.90 Å². The van der Waals surface area contributed by atoms with Gasteiger partial charge in [0.1, 0.15) is 5.75 Å². The number of halogens is 1. The number of rotatable bonds is 9. The number of amides is 1. The Labute approximate surface area is 231 Å². The molecule has 198 valence electrons. The largest absolute Gasteiger partial charge is 0.494 e. The number of aliphatic imine (C=N–C) groups is 1. The number of carbonyl (C=O) groups excluding carboxylic acids is 1. The topological polar surface area (TPSA) is 80.6 Å². The second-order valence-electron chi connectivity index (χ2n) is 9.38. The van der Waals surface area contributed by atoms with Gasteiger partial charge >= 0.3 is 0 Å². The predicted octanol–water partition coefficient (Wildman–Crippen LogP) is 4.57. The summed E-state index contributed by atoms with van der Waals surface area (Å²) in [6.45, 7) is 2.56. The Morgan fingerprint density at radius 1 is 1.03 bits per heavy atom. The summed E-state index contributed by atoms with van der Waals surface area (Å²) in [7, 11) is 0. The maximum atomic E-state index is 14.4. The minimum absolute atomic E-state index is 0.0654. The Kier molecular flexibility index (Phi) is 8.42. The van der Waals surface area contributed by atoms with E-state index in [9.17, 15) is 4.79 Å². The lowest BCUT2D eigenvalue weighted by atomic mass is 9.81. The number of morpholine rings is 1. The molecular weight excluding hydrogens is 548 g/mol. The third kappa shape index (κ3) is 5.62. The molecule has 0 saturated carbocycles. The van der Waals surface area contributed by atoms with Gasteiger partial charge in [0.15, 0.2) is 11.6 Å². The minimum atomic E-state index is -1.20. The molecular formula is C30H31BrN2O5. The Morgan fingerprint density at radius 3 is 2.45 bits per heavy atom. The van der Waals surface area contributed by atoms with E-state index in [1.807, 2.05) is 83.8 Å². The summed E-state index contributed by atoms with van der Waals surface area (Å²) in [5.74, 6) is 1.05. The van der Waals surface area contributed by atoms with Gasteiger partial charge in [0.25, 0.3) is 5.91 Å². The molecule has 0 spiro atoms. The van der Waals surface area contributed by atoms with E-state index in [2.05, 4.69) is 15.9 Å². The van der Waals surface area contributed by atoms with Crippen LogP contribution in [0, 0.1) is 0 Å². The van der Waals surface area contributed by atoms with Gasteiger partial charge in [-0.05, 0) is 35.9 Å². The molecule has 2 aliphatic heterocycles. The van der Waals surface area contributed by atoms with Crippen molar-refractivity contribution in [2.24, 2.45) is 4.99 Å². The highest BCUT2D eigenvalue weighted by atomic mass is 79.9. The molecule has 1 N–H and O–H groups in total. The third-order valence-corrected chi connectivity index (χ3v) is 7.53. The van der Waals surface area contributed by atoms with Gasteiger partial charge in [0.05, 0.1) is 19.8 Å². The van der Waals surface area contributed by atoms with Crippen molar-refractivity contribution in [1.29, 1.82) is 0 Å². The van der Waals surface area contributed by atoms with Gasteiger partial charge in [-0.3, -0.25) is 4.79 Å². The lowest BCUT2D eigenvalue weighted by Crippen LogP contribution is -2.54. The molecule has 0 aliphatic carbocycles. The number of ether oxygens (including phenoxy) is 3. The summed E-state index contributed by atoms with van der Waals surface area (Å²) in [6, 6.07) is 25.3. The summed E-state index contributed by atoms with van der Waals surface area (Å²) < 4.78 is 18.7. The van der Waals surface area contributed by atoms with Crippen LogP contribution in [0.1, 0.15) is 29.2 Å². The zero-order valence-corrected chi connectivity index (χ0v) is 22.7. The van der Waals surface area contributed by atoms with E-state index in [1.165, 1.54) is 0 Å². The summed E-state index contributed by atoms with van der Waals surface area (Å²) in [4.78, 5) is 21.4. The minimum Gasteiger partial charge on any atom is -0.494 e. The van der Waals surface area contributed by atoms with Crippen LogP contribution >= 0.6 is 15.9 Å². The quantitative estimate of drug-likeness (QED) is 0.376. The molecule has 3 aromatic carbocycles. The molecule has 38 heavy (non-hydrogen) atoms. The summed E-state index contributed by atoms with van der Waals surface area (Å²) >= 11 is 3.69. The van der Waals surface area contributed by atoms with Crippen molar-refractivity contribution in [2.75, 3.05) is 39.5 Å². The van der Waals surface area contributed by atoms with Crippen molar-refractivity contribution in [2.45, 2.75) is 24.5 Å². The third-order valence-electron chi connectivity index (χ3n) is 6.81. The number of hydrogen-bond donors (Lipinski definition) is 1. The van der Waals surface area contributed by atoms with E-state index >= 15 is 0 Å². The van der Waals surface area contributed by atoms with Gasteiger partial charge < -0.3 is 24.2 Å². The first-order chi connectivity index (χ1) is 18.6. The lowest BCUT2D eigenvalue weighted by Gasteiger charge is -2.37. The first-order valence-electron chi connectivity index (χ1n) is 12.9. The van der Waals surface area contributed by atoms with Crippen LogP contribution in [0.4, 0.5) is 0 Å². The standard InChI is InChI=1S/C30H31BrN2O5/c31-26-10-5-4-9-25(26)27-30(21-22-7-2-1-3-8-22,29(35)33-15-19-36-20-16-33)32-28(38-27)23-11-13-24(14-12-23)37-18-6-17-34/h1-5,7-14,27,34H,6,15-21H2/t27-,30-/m1/s1. The van der Waals surface area contributed by atoms with Crippen molar-refractivity contribution in [3.05, 3.63) is 100 Å². The van der Waals surface area contributed by atoms with Crippen molar-refractivity contribution < 1.29 is 24.1 Å². The monoisotopic (exact) mass is 578 g/mol. The molecule has 0 bridgehead atoms. The number of aliphatic hydroxyl groups is 1. The first-order valence-corrected chi connectivity index (χ1v) is 13.7. The van der Waals surface area contributed by atoms with Crippen molar-refractivity contribution in [3.8, 4) is 5.75 Å². The average molecular weight is 579 g/mol. The maximum absolute atomic E-state index is 14.4. The zero-order chi connectivity index (χ0) is 26.4. The van der Waals surface area contributed by atoms with E-state index in [4.69, 9.17) is 24.3 Å². The van der Waals surface area contributed by atoms with Gasteiger partial charge in [-0.25, -0.2) is 4.99 Å². The van der Waals surface area contributed by atoms with E-state index in [-0.39, 0.29) is 12.5 Å². The van der Waals surface area contributed by atoms with Gasteiger partial charge in [0.2, 0.25) is 5.90 Å². The fourth-order valence-electron chi connectivity index (χ4n) is 4.88. The number of hydrogen-bond acceptors (Lipinski definition) is 6. The average Bonchev–Trinajstić information content (AvgIpc) is 3.34. The molecule has 1 fully saturated rings. The number of carbonyl (C=O) groups is 1. The van der Waals surface area contributed by atoms with Gasteiger partial charge in [0, 0.05) is 48.1 Å². The van der Waals surface area contributed by atoms with Crippen LogP contribution in [0.3, 0.4) is 0 Å². The van der Waals surface area contributed by atoms with E-state index < -0.39 is 11.6 Å². The first kappa shape index (κ1) is 26.4. The normalized spacial score (nSPS) is 21.1.